The van der Waals surface area contributed by atoms with E-state index in [1.165, 1.54) is 11.8 Å². The summed E-state index contributed by atoms with van der Waals surface area (Å²) in [6, 6.07) is 15.4. The van der Waals surface area contributed by atoms with Crippen molar-refractivity contribution in [3.63, 3.8) is 0 Å². The second-order valence-electron chi connectivity index (χ2n) is 7.56. The average Bonchev–Trinajstić information content (AvgIpc) is 3.10. The molecule has 0 aliphatic rings. The molecule has 4 rings (SSSR count). The van der Waals surface area contributed by atoms with E-state index in [1.54, 1.807) is 6.07 Å². The average molecular weight is 439 g/mol. The predicted molar refractivity (Wildman–Crippen MR) is 123 cm³/mol. The van der Waals surface area contributed by atoms with Crippen molar-refractivity contribution in [1.82, 2.24) is 19.7 Å². The van der Waals surface area contributed by atoms with Crippen molar-refractivity contribution < 1.29 is 0 Å². The van der Waals surface area contributed by atoms with Gasteiger partial charge in [-0.15, -0.1) is 10.2 Å². The highest BCUT2D eigenvalue weighted by molar-refractivity contribution is 7.99. The van der Waals surface area contributed by atoms with E-state index in [0.29, 0.717) is 15.8 Å². The van der Waals surface area contributed by atoms with Gasteiger partial charge in [0, 0.05) is 34.5 Å². The fraction of sp³-hybridized carbons (Fsp3) is 0.261. The van der Waals surface area contributed by atoms with Crippen LogP contribution >= 0.6 is 23.4 Å². The Kier molecular flexibility index (Phi) is 5.97. The molecule has 1 N–H and O–H groups in total. The molecule has 7 heteroatoms. The molecule has 0 fully saturated rings. The van der Waals surface area contributed by atoms with E-state index in [4.69, 9.17) is 11.6 Å². The normalized spacial score (nSPS) is 11.5. The third-order valence-corrected chi connectivity index (χ3v) is 6.20. The number of aromatic amines is 1. The highest BCUT2D eigenvalue weighted by Gasteiger charge is 2.20. The van der Waals surface area contributed by atoms with E-state index >= 15 is 0 Å². The fourth-order valence-corrected chi connectivity index (χ4v) is 4.81. The monoisotopic (exact) mass is 438 g/mol. The summed E-state index contributed by atoms with van der Waals surface area (Å²) >= 11 is 7.66. The van der Waals surface area contributed by atoms with Gasteiger partial charge in [-0.05, 0) is 48.4 Å². The van der Waals surface area contributed by atoms with Crippen LogP contribution in [-0.4, -0.2) is 19.7 Å². The quantitative estimate of drug-likeness (QED) is 0.412. The molecule has 154 valence electrons. The fourth-order valence-electron chi connectivity index (χ4n) is 3.56. The van der Waals surface area contributed by atoms with Crippen molar-refractivity contribution >= 4 is 34.3 Å². The van der Waals surface area contributed by atoms with Crippen molar-refractivity contribution in [3.05, 3.63) is 69.7 Å². The van der Waals surface area contributed by atoms with Crippen molar-refractivity contribution in [2.75, 3.05) is 0 Å². The number of hydrogen-bond acceptors (Lipinski definition) is 4. The number of halogens is 1. The third kappa shape index (κ3) is 4.02. The minimum Gasteiger partial charge on any atom is -0.321 e. The van der Waals surface area contributed by atoms with Crippen LogP contribution in [0.3, 0.4) is 0 Å². The Morgan fingerprint density at radius 3 is 2.60 bits per heavy atom. The zero-order chi connectivity index (χ0) is 21.3. The summed E-state index contributed by atoms with van der Waals surface area (Å²) in [5.41, 5.74) is 2.43. The smallest absolute Gasteiger partial charge is 0.263 e. The van der Waals surface area contributed by atoms with E-state index in [1.807, 2.05) is 42.5 Å². The Balaban J connectivity index is 1.93. The molecule has 2 heterocycles. The molecule has 0 amide bonds. The van der Waals surface area contributed by atoms with Gasteiger partial charge in [0.15, 0.2) is 5.16 Å². The third-order valence-electron chi connectivity index (χ3n) is 4.89. The van der Waals surface area contributed by atoms with E-state index in [2.05, 4.69) is 40.5 Å². The van der Waals surface area contributed by atoms with E-state index in [0.717, 1.165) is 46.0 Å². The van der Waals surface area contributed by atoms with Crippen LogP contribution < -0.4 is 5.56 Å². The van der Waals surface area contributed by atoms with Gasteiger partial charge in [-0.25, -0.2) is 0 Å². The van der Waals surface area contributed by atoms with Crippen LogP contribution in [0, 0.1) is 5.92 Å². The minimum absolute atomic E-state index is 0.148. The molecule has 30 heavy (non-hydrogen) atoms. The van der Waals surface area contributed by atoms with Gasteiger partial charge >= 0.3 is 0 Å². The van der Waals surface area contributed by atoms with Gasteiger partial charge in [0.1, 0.15) is 5.82 Å². The SMILES string of the molecule is CCn1c(CC(C)C)nnc1Sc1c(-c2ccccc2)c2cc(Cl)ccc2[nH]c1=O. The summed E-state index contributed by atoms with van der Waals surface area (Å²) in [5, 5.41) is 11.0. The van der Waals surface area contributed by atoms with Crippen LogP contribution in [0.5, 0.6) is 0 Å². The van der Waals surface area contributed by atoms with Crippen molar-refractivity contribution in [2.24, 2.45) is 5.92 Å². The Morgan fingerprint density at radius 1 is 1.13 bits per heavy atom. The highest BCUT2D eigenvalue weighted by atomic mass is 35.5. The van der Waals surface area contributed by atoms with Crippen LogP contribution in [-0.2, 0) is 13.0 Å². The molecule has 0 radical (unpaired) electrons. The summed E-state index contributed by atoms with van der Waals surface area (Å²) in [6.45, 7) is 7.13. The predicted octanol–water partition coefficient (Wildman–Crippen LogP) is 5.81. The number of aromatic nitrogens is 4. The lowest BCUT2D eigenvalue weighted by molar-refractivity contribution is 0.567. The molecule has 2 aromatic heterocycles. The Labute approximate surface area is 184 Å². The molecule has 0 atom stereocenters. The number of pyridine rings is 1. The van der Waals surface area contributed by atoms with Gasteiger partial charge in [-0.3, -0.25) is 4.79 Å². The molecule has 0 spiro atoms. The van der Waals surface area contributed by atoms with Crippen molar-refractivity contribution in [1.29, 1.82) is 0 Å². The lowest BCUT2D eigenvalue weighted by Crippen LogP contribution is -2.12. The number of H-pyrrole nitrogens is 1. The van der Waals surface area contributed by atoms with Gasteiger partial charge < -0.3 is 9.55 Å². The van der Waals surface area contributed by atoms with E-state index in [-0.39, 0.29) is 5.56 Å². The summed E-state index contributed by atoms with van der Waals surface area (Å²) in [6.07, 6.45) is 0.844. The first-order valence-electron chi connectivity index (χ1n) is 9.98. The van der Waals surface area contributed by atoms with Crippen LogP contribution in [0.1, 0.15) is 26.6 Å². The lowest BCUT2D eigenvalue weighted by atomic mass is 10.0. The van der Waals surface area contributed by atoms with Crippen LogP contribution in [0.25, 0.3) is 22.0 Å². The minimum atomic E-state index is -0.148. The molecule has 0 aliphatic carbocycles. The van der Waals surface area contributed by atoms with Crippen LogP contribution in [0.4, 0.5) is 0 Å². The molecule has 2 aromatic carbocycles. The van der Waals surface area contributed by atoms with Gasteiger partial charge in [0.2, 0.25) is 0 Å². The molecule has 5 nitrogen and oxygen atoms in total. The van der Waals surface area contributed by atoms with Crippen molar-refractivity contribution in [3.8, 4) is 11.1 Å². The summed E-state index contributed by atoms with van der Waals surface area (Å²) in [7, 11) is 0. The zero-order valence-corrected chi connectivity index (χ0v) is 18.7. The second-order valence-corrected chi connectivity index (χ2v) is 8.97. The van der Waals surface area contributed by atoms with E-state index in [9.17, 15) is 4.79 Å². The highest BCUT2D eigenvalue weighted by Crippen LogP contribution is 2.38. The van der Waals surface area contributed by atoms with Gasteiger partial charge in [-0.1, -0.05) is 55.8 Å². The Morgan fingerprint density at radius 2 is 1.90 bits per heavy atom. The summed E-state index contributed by atoms with van der Waals surface area (Å²) in [5.74, 6) is 1.42. The number of benzene rings is 2. The maximum atomic E-state index is 13.1. The number of nitrogens with zero attached hydrogens (tertiary/aromatic N) is 3. The first kappa shape index (κ1) is 20.7. The number of hydrogen-bond donors (Lipinski definition) is 1. The summed E-state index contributed by atoms with van der Waals surface area (Å²) in [4.78, 5) is 16.7. The van der Waals surface area contributed by atoms with Gasteiger partial charge in [0.25, 0.3) is 5.56 Å². The number of nitrogens with one attached hydrogen (secondary N) is 1. The Hall–Kier alpha value is -2.57. The summed E-state index contributed by atoms with van der Waals surface area (Å²) < 4.78 is 2.08. The molecule has 0 bridgehead atoms. The second kappa shape index (κ2) is 8.66. The Bertz CT molecular complexity index is 1250. The zero-order valence-electron chi connectivity index (χ0n) is 17.1. The number of fused-ring (bicyclic) bond motifs is 1. The largest absolute Gasteiger partial charge is 0.321 e. The molecule has 0 aliphatic heterocycles. The first-order valence-corrected chi connectivity index (χ1v) is 11.2. The van der Waals surface area contributed by atoms with E-state index < -0.39 is 0 Å². The maximum Gasteiger partial charge on any atom is 0.263 e. The van der Waals surface area contributed by atoms with Crippen LogP contribution in [0.15, 0.2) is 63.4 Å². The maximum absolute atomic E-state index is 13.1. The molecule has 0 unspecified atom stereocenters. The van der Waals surface area contributed by atoms with Crippen LogP contribution in [0.2, 0.25) is 5.02 Å². The number of rotatable bonds is 6. The molecule has 4 aromatic rings. The molecular weight excluding hydrogens is 416 g/mol. The molecular formula is C23H23ClN4OS. The molecule has 0 saturated carbocycles. The standard InChI is InChI=1S/C23H23ClN4OS/c1-4-28-19(12-14(2)3)26-27-23(28)30-21-20(15-8-6-5-7-9-15)17-13-16(24)10-11-18(17)25-22(21)29/h5-11,13-14H,4,12H2,1-3H3,(H,25,29). The van der Waals surface area contributed by atoms with Gasteiger partial charge in [-0.2, -0.15) is 0 Å². The lowest BCUT2D eigenvalue weighted by Gasteiger charge is -2.13. The topological polar surface area (TPSA) is 63.6 Å². The molecule has 0 saturated heterocycles. The first-order chi connectivity index (χ1) is 14.5. The van der Waals surface area contributed by atoms with Crippen molar-refractivity contribution in [2.45, 2.75) is 43.8 Å². The van der Waals surface area contributed by atoms with Gasteiger partial charge in [0.05, 0.1) is 4.90 Å².